The first-order valence-electron chi connectivity index (χ1n) is 6.98. The predicted octanol–water partition coefficient (Wildman–Crippen LogP) is 4.92. The maximum atomic E-state index is 6.05. The van der Waals surface area contributed by atoms with E-state index in [1.807, 2.05) is 36.4 Å². The zero-order valence-corrected chi connectivity index (χ0v) is 14.1. The summed E-state index contributed by atoms with van der Waals surface area (Å²) in [5.74, 6) is 2.38. The lowest BCUT2D eigenvalue weighted by atomic mass is 10.1. The van der Waals surface area contributed by atoms with E-state index in [1.165, 1.54) is 0 Å². The van der Waals surface area contributed by atoms with Crippen LogP contribution in [0.15, 0.2) is 46.9 Å². The molecule has 0 saturated carbocycles. The predicted molar refractivity (Wildman–Crippen MR) is 89.3 cm³/mol. The van der Waals surface area contributed by atoms with Crippen LogP contribution in [0.2, 0.25) is 0 Å². The van der Waals surface area contributed by atoms with E-state index in [0.29, 0.717) is 0 Å². The van der Waals surface area contributed by atoms with Gasteiger partial charge in [0.2, 0.25) is 0 Å². The lowest BCUT2D eigenvalue weighted by Crippen LogP contribution is -2.18. The zero-order chi connectivity index (χ0) is 15.2. The molecule has 0 saturated heterocycles. The van der Waals surface area contributed by atoms with Gasteiger partial charge in [0.15, 0.2) is 0 Å². The number of hydrogen-bond donors (Lipinski definition) is 1. The molecule has 2 rings (SSSR count). The molecule has 2 aromatic rings. The highest BCUT2D eigenvalue weighted by Crippen LogP contribution is 2.33. The van der Waals surface area contributed by atoms with E-state index in [1.54, 1.807) is 7.11 Å². The van der Waals surface area contributed by atoms with Crippen LogP contribution >= 0.6 is 15.9 Å². The second-order valence-corrected chi connectivity index (χ2v) is 5.66. The highest BCUT2D eigenvalue weighted by molar-refractivity contribution is 9.10. The first-order valence-corrected chi connectivity index (χ1v) is 7.78. The Labute approximate surface area is 134 Å². The average molecular weight is 350 g/mol. The Morgan fingerprint density at radius 2 is 1.90 bits per heavy atom. The van der Waals surface area contributed by atoms with Crippen LogP contribution in [0.3, 0.4) is 0 Å². The number of hydrogen-bond acceptors (Lipinski definition) is 3. The smallest absolute Gasteiger partial charge is 0.133 e. The molecule has 3 nitrogen and oxygen atoms in total. The molecule has 1 N–H and O–H groups in total. The van der Waals surface area contributed by atoms with Crippen LogP contribution in [0.5, 0.6) is 17.2 Å². The van der Waals surface area contributed by atoms with Gasteiger partial charge in [-0.15, -0.1) is 0 Å². The number of rotatable bonds is 6. The van der Waals surface area contributed by atoms with E-state index in [2.05, 4.69) is 41.2 Å². The quantitative estimate of drug-likeness (QED) is 0.802. The Bertz CT molecular complexity index is 601. The first-order chi connectivity index (χ1) is 10.1. The number of ether oxygens (including phenoxy) is 2. The van der Waals surface area contributed by atoms with Crippen LogP contribution < -0.4 is 14.8 Å². The highest BCUT2D eigenvalue weighted by atomic mass is 79.9. The zero-order valence-electron chi connectivity index (χ0n) is 12.5. The van der Waals surface area contributed by atoms with Gasteiger partial charge in [0.05, 0.1) is 7.11 Å². The van der Waals surface area contributed by atoms with Crippen molar-refractivity contribution in [3.8, 4) is 17.2 Å². The monoisotopic (exact) mass is 349 g/mol. The van der Waals surface area contributed by atoms with Crippen LogP contribution in [0.1, 0.15) is 25.5 Å². The second kappa shape index (κ2) is 7.48. The minimum atomic E-state index is 0.226. The summed E-state index contributed by atoms with van der Waals surface area (Å²) >= 11 is 3.50. The molecule has 0 heterocycles. The molecule has 0 fully saturated rings. The van der Waals surface area contributed by atoms with Crippen molar-refractivity contribution in [3.05, 3.63) is 52.5 Å². The molecule has 0 aromatic heterocycles. The number of halogens is 1. The van der Waals surface area contributed by atoms with E-state index in [9.17, 15) is 0 Å². The van der Waals surface area contributed by atoms with Crippen molar-refractivity contribution in [1.82, 2.24) is 5.32 Å². The van der Waals surface area contributed by atoms with Crippen LogP contribution in [0, 0.1) is 0 Å². The third-order valence-electron chi connectivity index (χ3n) is 3.22. The first kappa shape index (κ1) is 15.9. The maximum absolute atomic E-state index is 6.05. The van der Waals surface area contributed by atoms with Gasteiger partial charge in [-0.1, -0.05) is 35.0 Å². The minimum absolute atomic E-state index is 0.226. The van der Waals surface area contributed by atoms with E-state index < -0.39 is 0 Å². The molecule has 0 radical (unpaired) electrons. The average Bonchev–Trinajstić information content (AvgIpc) is 2.48. The molecule has 21 heavy (non-hydrogen) atoms. The second-order valence-electron chi connectivity index (χ2n) is 4.74. The van der Waals surface area contributed by atoms with Gasteiger partial charge in [0.25, 0.3) is 0 Å². The van der Waals surface area contributed by atoms with Crippen molar-refractivity contribution < 1.29 is 9.47 Å². The molecule has 0 aliphatic heterocycles. The molecule has 0 bridgehead atoms. The normalized spacial score (nSPS) is 12.0. The molecule has 0 aliphatic carbocycles. The van der Waals surface area contributed by atoms with Gasteiger partial charge in [0.1, 0.15) is 17.2 Å². The summed E-state index contributed by atoms with van der Waals surface area (Å²) in [7, 11) is 1.65. The van der Waals surface area contributed by atoms with E-state index >= 15 is 0 Å². The summed E-state index contributed by atoms with van der Waals surface area (Å²) in [6.45, 7) is 5.14. The Morgan fingerprint density at radius 1 is 1.14 bits per heavy atom. The Balaban J connectivity index is 2.31. The van der Waals surface area contributed by atoms with Crippen LogP contribution in [0.4, 0.5) is 0 Å². The number of benzene rings is 2. The van der Waals surface area contributed by atoms with Crippen molar-refractivity contribution in [2.24, 2.45) is 0 Å². The fraction of sp³-hybridized carbons (Fsp3) is 0.294. The molecule has 0 aliphatic rings. The van der Waals surface area contributed by atoms with Gasteiger partial charge in [0, 0.05) is 22.1 Å². The van der Waals surface area contributed by atoms with Crippen molar-refractivity contribution >= 4 is 15.9 Å². The summed E-state index contributed by atoms with van der Waals surface area (Å²) in [6.07, 6.45) is 0. The fourth-order valence-electron chi connectivity index (χ4n) is 2.16. The van der Waals surface area contributed by atoms with Crippen LogP contribution in [0.25, 0.3) is 0 Å². The van der Waals surface area contributed by atoms with Crippen LogP contribution in [-0.4, -0.2) is 13.7 Å². The van der Waals surface area contributed by atoms with Gasteiger partial charge < -0.3 is 14.8 Å². The summed E-state index contributed by atoms with van der Waals surface area (Å²) < 4.78 is 12.3. The highest BCUT2D eigenvalue weighted by Gasteiger charge is 2.12. The summed E-state index contributed by atoms with van der Waals surface area (Å²) in [5.41, 5.74) is 1.13. The molecule has 1 atom stereocenters. The summed E-state index contributed by atoms with van der Waals surface area (Å²) in [5, 5.41) is 3.41. The largest absolute Gasteiger partial charge is 0.497 e. The Kier molecular flexibility index (Phi) is 5.65. The molecule has 0 amide bonds. The third kappa shape index (κ3) is 4.22. The molecule has 2 aromatic carbocycles. The fourth-order valence-corrected chi connectivity index (χ4v) is 2.50. The van der Waals surface area contributed by atoms with Crippen molar-refractivity contribution in [2.45, 2.75) is 19.9 Å². The standard InChI is InChI=1S/C17H20BrNO2/c1-4-19-12(2)16-9-8-13(18)10-17(16)21-15-7-5-6-14(11-15)20-3/h5-12,19H,4H2,1-3H3. The topological polar surface area (TPSA) is 30.5 Å². The molecular formula is C17H20BrNO2. The molecule has 112 valence electrons. The summed E-state index contributed by atoms with van der Waals surface area (Å²) in [6, 6.07) is 13.9. The van der Waals surface area contributed by atoms with Gasteiger partial charge in [-0.25, -0.2) is 0 Å². The van der Waals surface area contributed by atoms with Gasteiger partial charge in [-0.2, -0.15) is 0 Å². The van der Waals surface area contributed by atoms with Crippen molar-refractivity contribution in [1.29, 1.82) is 0 Å². The maximum Gasteiger partial charge on any atom is 0.133 e. The SMILES string of the molecule is CCNC(C)c1ccc(Br)cc1Oc1cccc(OC)c1. The molecule has 1 unspecified atom stereocenters. The lowest BCUT2D eigenvalue weighted by Gasteiger charge is -2.18. The molecule has 4 heteroatoms. The Morgan fingerprint density at radius 3 is 2.62 bits per heavy atom. The number of methoxy groups -OCH3 is 1. The Hall–Kier alpha value is -1.52. The molecular weight excluding hydrogens is 330 g/mol. The minimum Gasteiger partial charge on any atom is -0.497 e. The van der Waals surface area contributed by atoms with Gasteiger partial charge in [-0.05, 0) is 37.7 Å². The summed E-state index contributed by atoms with van der Waals surface area (Å²) in [4.78, 5) is 0. The van der Waals surface area contributed by atoms with E-state index in [0.717, 1.165) is 33.8 Å². The lowest BCUT2D eigenvalue weighted by molar-refractivity contribution is 0.408. The van der Waals surface area contributed by atoms with Crippen molar-refractivity contribution in [2.75, 3.05) is 13.7 Å². The van der Waals surface area contributed by atoms with Gasteiger partial charge in [-0.3, -0.25) is 0 Å². The van der Waals surface area contributed by atoms with Gasteiger partial charge >= 0.3 is 0 Å². The van der Waals surface area contributed by atoms with Crippen LogP contribution in [-0.2, 0) is 0 Å². The van der Waals surface area contributed by atoms with Crippen molar-refractivity contribution in [3.63, 3.8) is 0 Å². The van der Waals surface area contributed by atoms with E-state index in [4.69, 9.17) is 9.47 Å². The molecule has 0 spiro atoms. The third-order valence-corrected chi connectivity index (χ3v) is 3.71. The van der Waals surface area contributed by atoms with E-state index in [-0.39, 0.29) is 6.04 Å². The number of nitrogens with one attached hydrogen (secondary N) is 1.